The summed E-state index contributed by atoms with van der Waals surface area (Å²) in [6, 6.07) is 11.8. The van der Waals surface area contributed by atoms with Crippen LogP contribution in [-0.4, -0.2) is 30.8 Å². The quantitative estimate of drug-likeness (QED) is 0.477. The molecule has 2 aromatic heterocycles. The normalized spacial score (nSPS) is 12.1. The summed E-state index contributed by atoms with van der Waals surface area (Å²) in [5.41, 5.74) is 9.80. The van der Waals surface area contributed by atoms with Gasteiger partial charge in [-0.05, 0) is 48.4 Å². The summed E-state index contributed by atoms with van der Waals surface area (Å²) >= 11 is 5.92. The fraction of sp³-hybridized carbons (Fsp3) is 0.100. The first-order valence-corrected chi connectivity index (χ1v) is 9.11. The second kappa shape index (κ2) is 7.50. The fourth-order valence-electron chi connectivity index (χ4n) is 3.08. The van der Waals surface area contributed by atoms with Gasteiger partial charge in [0.15, 0.2) is 11.9 Å². The van der Waals surface area contributed by atoms with Crippen LogP contribution in [0.5, 0.6) is 0 Å². The fourth-order valence-corrected chi connectivity index (χ4v) is 3.28. The molecular weight excluding hydrogens is 392 g/mol. The van der Waals surface area contributed by atoms with Crippen LogP contribution in [0.25, 0.3) is 16.7 Å². The van der Waals surface area contributed by atoms with Crippen molar-refractivity contribution in [3.05, 3.63) is 71.1 Å². The lowest BCUT2D eigenvalue weighted by Gasteiger charge is -2.14. The lowest BCUT2D eigenvalue weighted by Crippen LogP contribution is -2.21. The average Bonchev–Trinajstić information content (AvgIpc) is 3.13. The Morgan fingerprint density at radius 2 is 2.07 bits per heavy atom. The van der Waals surface area contributed by atoms with E-state index in [0.717, 1.165) is 11.3 Å². The van der Waals surface area contributed by atoms with Crippen molar-refractivity contribution in [1.29, 1.82) is 0 Å². The van der Waals surface area contributed by atoms with Crippen LogP contribution in [0.3, 0.4) is 0 Å². The first kappa shape index (κ1) is 18.9. The lowest BCUT2D eigenvalue weighted by molar-refractivity contribution is -0.124. The summed E-state index contributed by atoms with van der Waals surface area (Å²) in [4.78, 5) is 20.6. The third-order valence-corrected chi connectivity index (χ3v) is 4.73. The number of rotatable bonds is 4. The van der Waals surface area contributed by atoms with E-state index in [0.29, 0.717) is 33.1 Å². The molecule has 0 fully saturated rings. The van der Waals surface area contributed by atoms with Gasteiger partial charge in [-0.1, -0.05) is 23.7 Å². The Balaban J connectivity index is 1.60. The molecule has 0 radical (unpaired) electrons. The largest absolute Gasteiger partial charge is 0.382 e. The van der Waals surface area contributed by atoms with Gasteiger partial charge in [-0.25, -0.2) is 14.6 Å². The molecule has 9 heteroatoms. The number of anilines is 2. The number of benzene rings is 2. The maximum absolute atomic E-state index is 12.4. The predicted molar refractivity (Wildman–Crippen MR) is 111 cm³/mol. The number of hydrogen-bond acceptors (Lipinski definition) is 6. The second-order valence-electron chi connectivity index (χ2n) is 6.50. The van der Waals surface area contributed by atoms with Gasteiger partial charge in [0.25, 0.3) is 5.91 Å². The zero-order valence-corrected chi connectivity index (χ0v) is 16.1. The maximum atomic E-state index is 12.4. The molecule has 1 amide bonds. The third kappa shape index (κ3) is 3.63. The van der Waals surface area contributed by atoms with Gasteiger partial charge in [0.05, 0.1) is 11.9 Å². The highest BCUT2D eigenvalue weighted by atomic mass is 35.5. The third-order valence-electron chi connectivity index (χ3n) is 4.49. The number of fused-ring (bicyclic) bond motifs is 1. The number of aliphatic hydroxyl groups is 1. The number of nitrogens with one attached hydrogen (secondary N) is 1. The molecule has 146 valence electrons. The molecule has 2 aromatic carbocycles. The van der Waals surface area contributed by atoms with E-state index in [-0.39, 0.29) is 0 Å². The van der Waals surface area contributed by atoms with E-state index in [1.165, 1.54) is 6.33 Å². The minimum Gasteiger partial charge on any atom is -0.382 e. The number of aryl methyl sites for hydroxylation is 1. The average molecular weight is 409 g/mol. The number of aliphatic hydroxyl groups excluding tert-OH is 1. The molecule has 4 N–H and O–H groups in total. The zero-order valence-electron chi connectivity index (χ0n) is 15.4. The van der Waals surface area contributed by atoms with Crippen LogP contribution in [0.1, 0.15) is 17.2 Å². The summed E-state index contributed by atoms with van der Waals surface area (Å²) in [6.07, 6.45) is 1.67. The molecule has 8 nitrogen and oxygen atoms in total. The minimum absolute atomic E-state index is 0.328. The van der Waals surface area contributed by atoms with Crippen molar-refractivity contribution in [2.75, 3.05) is 11.1 Å². The molecule has 4 aromatic rings. The zero-order chi connectivity index (χ0) is 20.5. The Kier molecular flexibility index (Phi) is 4.87. The molecule has 0 saturated heterocycles. The molecule has 0 spiro atoms. The number of carbonyl (C=O) groups excluding carboxylic acids is 1. The Labute approximate surface area is 171 Å². The van der Waals surface area contributed by atoms with Crippen LogP contribution in [0.4, 0.5) is 11.5 Å². The van der Waals surface area contributed by atoms with Crippen LogP contribution >= 0.6 is 11.6 Å². The second-order valence-corrected chi connectivity index (χ2v) is 6.93. The molecule has 0 aliphatic carbocycles. The van der Waals surface area contributed by atoms with Gasteiger partial charge in [-0.2, -0.15) is 5.10 Å². The summed E-state index contributed by atoms with van der Waals surface area (Å²) in [7, 11) is 0. The maximum Gasteiger partial charge on any atom is 0.257 e. The summed E-state index contributed by atoms with van der Waals surface area (Å²) in [6.45, 7) is 1.88. The highest BCUT2D eigenvalue weighted by Crippen LogP contribution is 2.25. The van der Waals surface area contributed by atoms with Gasteiger partial charge in [0.1, 0.15) is 17.4 Å². The topological polar surface area (TPSA) is 119 Å². The molecule has 1 unspecified atom stereocenters. The standard InChI is InChI=1S/C20H17ClN6O2/c1-11-7-14(26-20(29)18(28)12-3-2-4-13(21)8-12)5-6-16(11)27-17-15(9-25-27)23-10-24-19(17)22/h2-10,18,28H,1H3,(H,26,29)(H2,22,23,24). The SMILES string of the molecule is Cc1cc(NC(=O)C(O)c2cccc(Cl)c2)ccc1-n1ncc2ncnc(N)c21. The van der Waals surface area contributed by atoms with Crippen molar-refractivity contribution < 1.29 is 9.90 Å². The van der Waals surface area contributed by atoms with Crippen LogP contribution < -0.4 is 11.1 Å². The monoisotopic (exact) mass is 408 g/mol. The number of aromatic nitrogens is 4. The van der Waals surface area contributed by atoms with Crippen LogP contribution in [0, 0.1) is 6.92 Å². The first-order valence-electron chi connectivity index (χ1n) is 8.73. The molecular formula is C20H17ClN6O2. The molecule has 1 atom stereocenters. The van der Waals surface area contributed by atoms with Crippen LogP contribution in [-0.2, 0) is 4.79 Å². The Morgan fingerprint density at radius 1 is 1.24 bits per heavy atom. The van der Waals surface area contributed by atoms with E-state index in [1.54, 1.807) is 53.3 Å². The van der Waals surface area contributed by atoms with E-state index in [1.807, 2.05) is 6.92 Å². The van der Waals surface area contributed by atoms with E-state index in [4.69, 9.17) is 17.3 Å². The molecule has 0 bridgehead atoms. The van der Waals surface area contributed by atoms with Crippen molar-refractivity contribution >= 4 is 40.0 Å². The molecule has 2 heterocycles. The lowest BCUT2D eigenvalue weighted by atomic mass is 10.1. The highest BCUT2D eigenvalue weighted by molar-refractivity contribution is 6.30. The van der Waals surface area contributed by atoms with Gasteiger partial charge in [0, 0.05) is 10.7 Å². The van der Waals surface area contributed by atoms with Crippen LogP contribution in [0.15, 0.2) is 55.0 Å². The van der Waals surface area contributed by atoms with E-state index in [2.05, 4.69) is 20.4 Å². The number of nitrogen functional groups attached to an aromatic ring is 1. The molecule has 4 rings (SSSR count). The Hall–Kier alpha value is -3.49. The molecule has 0 saturated carbocycles. The van der Waals surface area contributed by atoms with E-state index >= 15 is 0 Å². The molecule has 0 aliphatic rings. The molecule has 0 aliphatic heterocycles. The van der Waals surface area contributed by atoms with Crippen molar-refractivity contribution in [2.45, 2.75) is 13.0 Å². The molecule has 29 heavy (non-hydrogen) atoms. The van der Waals surface area contributed by atoms with E-state index in [9.17, 15) is 9.90 Å². The van der Waals surface area contributed by atoms with Gasteiger partial charge in [0.2, 0.25) is 0 Å². The smallest absolute Gasteiger partial charge is 0.257 e. The number of nitrogens with two attached hydrogens (primary N) is 1. The van der Waals surface area contributed by atoms with Crippen molar-refractivity contribution in [2.24, 2.45) is 0 Å². The Morgan fingerprint density at radius 3 is 2.83 bits per heavy atom. The van der Waals surface area contributed by atoms with Gasteiger partial charge >= 0.3 is 0 Å². The van der Waals surface area contributed by atoms with Crippen molar-refractivity contribution in [3.8, 4) is 5.69 Å². The van der Waals surface area contributed by atoms with Crippen molar-refractivity contribution in [1.82, 2.24) is 19.7 Å². The van der Waals surface area contributed by atoms with Crippen LogP contribution in [0.2, 0.25) is 5.02 Å². The summed E-state index contributed by atoms with van der Waals surface area (Å²) < 4.78 is 1.66. The summed E-state index contributed by atoms with van der Waals surface area (Å²) in [5.74, 6) is -0.226. The number of nitrogens with zero attached hydrogens (tertiary/aromatic N) is 4. The van der Waals surface area contributed by atoms with Gasteiger partial charge in [-0.15, -0.1) is 0 Å². The summed E-state index contributed by atoms with van der Waals surface area (Å²) in [5, 5.41) is 17.8. The number of carbonyl (C=O) groups is 1. The van der Waals surface area contributed by atoms with Gasteiger partial charge < -0.3 is 16.2 Å². The number of amides is 1. The minimum atomic E-state index is -1.33. The van der Waals surface area contributed by atoms with Crippen molar-refractivity contribution in [3.63, 3.8) is 0 Å². The van der Waals surface area contributed by atoms with E-state index < -0.39 is 12.0 Å². The number of halogens is 1. The first-order chi connectivity index (χ1) is 13.9. The predicted octanol–water partition coefficient (Wildman–Crippen LogP) is 3.03. The highest BCUT2D eigenvalue weighted by Gasteiger charge is 2.18. The Bertz CT molecular complexity index is 1220. The van der Waals surface area contributed by atoms with Gasteiger partial charge in [-0.3, -0.25) is 4.79 Å². The number of hydrogen-bond donors (Lipinski definition) is 3.